The van der Waals surface area contributed by atoms with E-state index in [1.54, 1.807) is 23.6 Å². The summed E-state index contributed by atoms with van der Waals surface area (Å²) in [7, 11) is 1.41. The molecule has 11 heteroatoms. The molecule has 2 N–H and O–H groups in total. The maximum absolute atomic E-state index is 12.4. The van der Waals surface area contributed by atoms with Crippen molar-refractivity contribution in [3.05, 3.63) is 57.0 Å². The van der Waals surface area contributed by atoms with E-state index in [9.17, 15) is 24.5 Å². The van der Waals surface area contributed by atoms with Crippen molar-refractivity contribution in [1.29, 1.82) is 0 Å². The average Bonchev–Trinajstić information content (AvgIpc) is 3.10. The molecule has 0 unspecified atom stereocenters. The number of nitrogens with one attached hydrogen (secondary N) is 1. The van der Waals surface area contributed by atoms with Crippen molar-refractivity contribution in [3.8, 4) is 11.4 Å². The lowest BCUT2D eigenvalue weighted by atomic mass is 10.2. The molecule has 11 nitrogen and oxygen atoms in total. The second-order valence-corrected chi connectivity index (χ2v) is 6.55. The number of nitro groups is 1. The fourth-order valence-electron chi connectivity index (χ4n) is 3.28. The van der Waals surface area contributed by atoms with Crippen LogP contribution in [0.25, 0.3) is 11.8 Å². The molecular formula is C19H18N4O7. The molecule has 1 fully saturated rings. The molecule has 0 atom stereocenters. The number of aryl methyl sites for hydroxylation is 1. The number of amides is 3. The average molecular weight is 414 g/mol. The minimum absolute atomic E-state index is 0.0443. The smallest absolute Gasteiger partial charge is 0.329 e. The number of carboxylic acids is 1. The third-order valence-electron chi connectivity index (χ3n) is 4.64. The van der Waals surface area contributed by atoms with Crippen molar-refractivity contribution >= 4 is 29.7 Å². The number of aliphatic carboxylic acids is 1. The summed E-state index contributed by atoms with van der Waals surface area (Å²) in [5.41, 5.74) is 2.46. The van der Waals surface area contributed by atoms with Crippen LogP contribution >= 0.6 is 0 Å². The van der Waals surface area contributed by atoms with E-state index >= 15 is 0 Å². The number of nitrogens with zero attached hydrogens (tertiary/aromatic N) is 3. The van der Waals surface area contributed by atoms with Gasteiger partial charge in [0, 0.05) is 17.5 Å². The number of imide groups is 1. The number of non-ortho nitro benzene ring substituents is 1. The number of hydrogen-bond donors (Lipinski definition) is 2. The van der Waals surface area contributed by atoms with Gasteiger partial charge in [-0.05, 0) is 37.6 Å². The third kappa shape index (κ3) is 3.60. The molecule has 1 aromatic heterocycles. The standard InChI is InChI=1S/C19H18N4O7/c1-10-6-12(7-14-18(26)21(9-17(24)25)19(27)20-14)11(2)22(10)15-5-4-13(23(28)29)8-16(15)30-3/h4-8H,9H2,1-3H3,(H,20,27)(H,24,25)/b14-7+. The summed E-state index contributed by atoms with van der Waals surface area (Å²) in [6.07, 6.45) is 1.46. The number of aromatic nitrogens is 1. The summed E-state index contributed by atoms with van der Waals surface area (Å²) in [6, 6.07) is 5.20. The van der Waals surface area contributed by atoms with E-state index in [-0.39, 0.29) is 11.4 Å². The Labute approximate surface area is 170 Å². The maximum Gasteiger partial charge on any atom is 0.329 e. The van der Waals surface area contributed by atoms with Gasteiger partial charge in [-0.25, -0.2) is 9.69 Å². The summed E-state index contributed by atoms with van der Waals surface area (Å²) in [6.45, 7) is 2.85. The predicted octanol–water partition coefficient (Wildman–Crippen LogP) is 1.99. The Kier molecular flexibility index (Phi) is 5.28. The van der Waals surface area contributed by atoms with Gasteiger partial charge in [-0.15, -0.1) is 0 Å². The summed E-state index contributed by atoms with van der Waals surface area (Å²) in [5, 5.41) is 22.2. The van der Waals surface area contributed by atoms with E-state index in [0.29, 0.717) is 27.6 Å². The second-order valence-electron chi connectivity index (χ2n) is 6.55. The number of methoxy groups -OCH3 is 1. The van der Waals surface area contributed by atoms with Crippen LogP contribution in [0, 0.1) is 24.0 Å². The number of carboxylic acid groups (broad SMARTS) is 1. The Hall–Kier alpha value is -4.15. The van der Waals surface area contributed by atoms with Crippen molar-refractivity contribution < 1.29 is 29.2 Å². The number of hydrogen-bond acceptors (Lipinski definition) is 6. The van der Waals surface area contributed by atoms with E-state index in [1.165, 1.54) is 25.3 Å². The molecule has 1 aliphatic heterocycles. The highest BCUT2D eigenvalue weighted by molar-refractivity contribution is 6.15. The Morgan fingerprint density at radius 1 is 1.30 bits per heavy atom. The highest BCUT2D eigenvalue weighted by atomic mass is 16.6. The minimum Gasteiger partial charge on any atom is -0.494 e. The Morgan fingerprint density at radius 3 is 2.60 bits per heavy atom. The Morgan fingerprint density at radius 2 is 2.00 bits per heavy atom. The first-order valence-electron chi connectivity index (χ1n) is 8.72. The lowest BCUT2D eigenvalue weighted by molar-refractivity contribution is -0.384. The molecule has 2 aromatic rings. The van der Waals surface area contributed by atoms with Crippen LogP contribution in [0.1, 0.15) is 17.0 Å². The molecule has 156 valence electrons. The monoisotopic (exact) mass is 414 g/mol. The molecule has 3 rings (SSSR count). The molecule has 1 aromatic carbocycles. The number of ether oxygens (including phenoxy) is 1. The third-order valence-corrected chi connectivity index (χ3v) is 4.64. The number of nitro benzene ring substituents is 1. The maximum atomic E-state index is 12.4. The van der Waals surface area contributed by atoms with Gasteiger partial charge in [-0.1, -0.05) is 0 Å². The van der Waals surface area contributed by atoms with Gasteiger partial charge in [0.05, 0.1) is 23.8 Å². The first-order valence-corrected chi connectivity index (χ1v) is 8.72. The van der Waals surface area contributed by atoms with Crippen LogP contribution in [0.5, 0.6) is 5.75 Å². The van der Waals surface area contributed by atoms with E-state index in [4.69, 9.17) is 9.84 Å². The van der Waals surface area contributed by atoms with Crippen molar-refractivity contribution in [1.82, 2.24) is 14.8 Å². The molecule has 0 bridgehead atoms. The first kappa shape index (κ1) is 20.6. The van der Waals surface area contributed by atoms with Crippen LogP contribution in [0.2, 0.25) is 0 Å². The molecule has 0 spiro atoms. The first-order chi connectivity index (χ1) is 14.1. The molecule has 1 aliphatic rings. The van der Waals surface area contributed by atoms with Crippen LogP contribution in [0.3, 0.4) is 0 Å². The van der Waals surface area contributed by atoms with Crippen LogP contribution in [0.15, 0.2) is 30.0 Å². The Balaban J connectivity index is 2.03. The molecule has 2 heterocycles. The molecule has 0 aliphatic carbocycles. The predicted molar refractivity (Wildman–Crippen MR) is 104 cm³/mol. The fourth-order valence-corrected chi connectivity index (χ4v) is 3.28. The molecule has 3 amide bonds. The van der Waals surface area contributed by atoms with E-state index in [2.05, 4.69) is 5.32 Å². The van der Waals surface area contributed by atoms with Gasteiger partial charge in [-0.3, -0.25) is 19.7 Å². The van der Waals surface area contributed by atoms with Crippen molar-refractivity contribution in [2.24, 2.45) is 0 Å². The molecule has 0 saturated carbocycles. The van der Waals surface area contributed by atoms with Gasteiger partial charge >= 0.3 is 12.0 Å². The largest absolute Gasteiger partial charge is 0.494 e. The number of urea groups is 1. The lowest BCUT2D eigenvalue weighted by Crippen LogP contribution is -2.35. The summed E-state index contributed by atoms with van der Waals surface area (Å²) in [4.78, 5) is 46.2. The zero-order chi connectivity index (χ0) is 22.2. The number of carbonyl (C=O) groups is 3. The zero-order valence-electron chi connectivity index (χ0n) is 16.3. The van der Waals surface area contributed by atoms with E-state index in [0.717, 1.165) is 5.69 Å². The highest BCUT2D eigenvalue weighted by Gasteiger charge is 2.35. The lowest BCUT2D eigenvalue weighted by Gasteiger charge is -2.13. The minimum atomic E-state index is -1.30. The number of carbonyl (C=O) groups excluding carboxylic acids is 2. The van der Waals surface area contributed by atoms with Crippen LogP contribution in [-0.4, -0.2) is 51.1 Å². The van der Waals surface area contributed by atoms with Gasteiger partial charge in [0.25, 0.3) is 11.6 Å². The molecule has 1 saturated heterocycles. The quantitative estimate of drug-likeness (QED) is 0.318. The second kappa shape index (κ2) is 7.70. The van der Waals surface area contributed by atoms with E-state index in [1.807, 2.05) is 6.92 Å². The van der Waals surface area contributed by atoms with Crippen LogP contribution < -0.4 is 10.1 Å². The van der Waals surface area contributed by atoms with Gasteiger partial charge in [0.2, 0.25) is 0 Å². The number of benzene rings is 1. The molecular weight excluding hydrogens is 396 g/mol. The summed E-state index contributed by atoms with van der Waals surface area (Å²) < 4.78 is 7.11. The van der Waals surface area contributed by atoms with Crippen LogP contribution in [-0.2, 0) is 9.59 Å². The highest BCUT2D eigenvalue weighted by Crippen LogP contribution is 2.32. The van der Waals surface area contributed by atoms with Gasteiger partial charge in [-0.2, -0.15) is 0 Å². The van der Waals surface area contributed by atoms with Gasteiger partial charge in [0.1, 0.15) is 18.0 Å². The van der Waals surface area contributed by atoms with Gasteiger partial charge in [0.15, 0.2) is 0 Å². The van der Waals surface area contributed by atoms with Crippen molar-refractivity contribution in [3.63, 3.8) is 0 Å². The fraction of sp³-hybridized carbons (Fsp3) is 0.211. The van der Waals surface area contributed by atoms with Crippen LogP contribution in [0.4, 0.5) is 10.5 Å². The summed E-state index contributed by atoms with van der Waals surface area (Å²) in [5.74, 6) is -1.74. The van der Waals surface area contributed by atoms with Gasteiger partial charge < -0.3 is 19.7 Å². The van der Waals surface area contributed by atoms with Crippen molar-refractivity contribution in [2.45, 2.75) is 13.8 Å². The number of rotatable bonds is 6. The zero-order valence-corrected chi connectivity index (χ0v) is 16.3. The molecule has 30 heavy (non-hydrogen) atoms. The normalized spacial score (nSPS) is 14.9. The summed E-state index contributed by atoms with van der Waals surface area (Å²) >= 11 is 0. The topological polar surface area (TPSA) is 144 Å². The molecule has 0 radical (unpaired) electrons. The van der Waals surface area contributed by atoms with E-state index < -0.39 is 29.4 Å². The van der Waals surface area contributed by atoms with Crippen molar-refractivity contribution in [2.75, 3.05) is 13.7 Å². The Bertz CT molecular complexity index is 1120. The SMILES string of the molecule is COc1cc([N+](=O)[O-])ccc1-n1c(C)cc(/C=C2/NC(=O)N(CC(=O)O)C2=O)c1C.